The standard InChI is InChI=1S/C21H19N7O7/c1-11-6-12(2)23-20(22-11)27-17(7-13(3)25-27)24-18(29)10-34-19(30)9-26-15-5-4-14(28(32)33)8-16(15)35-21(26)31/h4-8H,9-10H2,1-3H3,(H,24,29). The zero-order chi connectivity index (χ0) is 25.3. The number of amides is 1. The summed E-state index contributed by atoms with van der Waals surface area (Å²) in [6, 6.07) is 6.95. The molecule has 35 heavy (non-hydrogen) atoms. The van der Waals surface area contributed by atoms with Gasteiger partial charge in [-0.1, -0.05) is 0 Å². The summed E-state index contributed by atoms with van der Waals surface area (Å²) in [5.41, 5.74) is 1.92. The molecule has 4 rings (SSSR count). The summed E-state index contributed by atoms with van der Waals surface area (Å²) in [5, 5.41) is 17.8. The molecule has 14 heteroatoms. The molecule has 0 atom stereocenters. The van der Waals surface area contributed by atoms with E-state index in [1.165, 1.54) is 16.8 Å². The van der Waals surface area contributed by atoms with Crippen LogP contribution in [0.1, 0.15) is 17.1 Å². The van der Waals surface area contributed by atoms with Crippen LogP contribution in [0.25, 0.3) is 17.0 Å². The highest BCUT2D eigenvalue weighted by molar-refractivity contribution is 5.92. The second-order valence-corrected chi connectivity index (χ2v) is 7.61. The Kier molecular flexibility index (Phi) is 6.10. The van der Waals surface area contributed by atoms with Crippen molar-refractivity contribution in [3.05, 3.63) is 68.1 Å². The highest BCUT2D eigenvalue weighted by atomic mass is 16.6. The van der Waals surface area contributed by atoms with Crippen LogP contribution >= 0.6 is 0 Å². The third-order valence-corrected chi connectivity index (χ3v) is 4.77. The normalized spacial score (nSPS) is 10.9. The molecule has 1 N–H and O–H groups in total. The molecule has 1 amide bonds. The molecule has 0 saturated heterocycles. The van der Waals surface area contributed by atoms with Crippen LogP contribution in [0.4, 0.5) is 11.5 Å². The number of hydrogen-bond acceptors (Lipinski definition) is 10. The van der Waals surface area contributed by atoms with E-state index in [4.69, 9.17) is 9.15 Å². The maximum atomic E-state index is 12.4. The third-order valence-electron chi connectivity index (χ3n) is 4.77. The number of nitro groups is 1. The fourth-order valence-electron chi connectivity index (χ4n) is 3.36. The van der Waals surface area contributed by atoms with Gasteiger partial charge in [0, 0.05) is 23.5 Å². The van der Waals surface area contributed by atoms with Crippen LogP contribution in [0.15, 0.2) is 39.5 Å². The molecule has 14 nitrogen and oxygen atoms in total. The largest absolute Gasteiger partial charge is 0.454 e. The predicted octanol–water partition coefficient (Wildman–Crippen LogP) is 1.59. The van der Waals surface area contributed by atoms with Crippen LogP contribution in [-0.4, -0.2) is 47.7 Å². The predicted molar refractivity (Wildman–Crippen MR) is 120 cm³/mol. The quantitative estimate of drug-likeness (QED) is 0.231. The smallest absolute Gasteiger partial charge is 0.420 e. The molecule has 180 valence electrons. The molecule has 0 radical (unpaired) electrons. The second kappa shape index (κ2) is 9.17. The number of rotatable bonds is 7. The molecule has 0 bridgehead atoms. The van der Waals surface area contributed by atoms with Gasteiger partial charge < -0.3 is 14.5 Å². The number of non-ortho nitro benzene ring substituents is 1. The number of hydrogen-bond donors (Lipinski definition) is 1. The van der Waals surface area contributed by atoms with Gasteiger partial charge in [0.2, 0.25) is 0 Å². The molecule has 0 aliphatic carbocycles. The zero-order valence-electron chi connectivity index (χ0n) is 18.8. The summed E-state index contributed by atoms with van der Waals surface area (Å²) >= 11 is 0. The van der Waals surface area contributed by atoms with Crippen LogP contribution in [0.5, 0.6) is 0 Å². The lowest BCUT2D eigenvalue weighted by Gasteiger charge is -2.09. The Morgan fingerprint density at radius 2 is 1.83 bits per heavy atom. The van der Waals surface area contributed by atoms with Gasteiger partial charge in [0.1, 0.15) is 12.4 Å². The fraction of sp³-hybridized carbons (Fsp3) is 0.238. The Balaban J connectivity index is 1.42. The topological polar surface area (TPSA) is 177 Å². The lowest BCUT2D eigenvalue weighted by Crippen LogP contribution is -2.26. The first-order valence-corrected chi connectivity index (χ1v) is 10.2. The number of carbonyl (C=O) groups excluding carboxylic acids is 2. The van der Waals surface area contributed by atoms with Crippen molar-refractivity contribution in [2.75, 3.05) is 11.9 Å². The Hall–Kier alpha value is -4.88. The van der Waals surface area contributed by atoms with Crippen LogP contribution in [0.2, 0.25) is 0 Å². The molecular weight excluding hydrogens is 462 g/mol. The fourth-order valence-corrected chi connectivity index (χ4v) is 3.36. The van der Waals surface area contributed by atoms with Crippen LogP contribution in [0.3, 0.4) is 0 Å². The number of aryl methyl sites for hydroxylation is 3. The number of aromatic nitrogens is 5. The molecule has 1 aromatic carbocycles. The molecule has 0 fully saturated rings. The van der Waals surface area contributed by atoms with E-state index in [-0.39, 0.29) is 28.6 Å². The average molecular weight is 481 g/mol. The lowest BCUT2D eigenvalue weighted by atomic mass is 10.3. The number of esters is 1. The van der Waals surface area contributed by atoms with Gasteiger partial charge >= 0.3 is 11.7 Å². The van der Waals surface area contributed by atoms with Crippen molar-refractivity contribution < 1.29 is 23.7 Å². The number of benzene rings is 1. The van der Waals surface area contributed by atoms with Crippen molar-refractivity contribution >= 4 is 34.5 Å². The molecule has 3 heterocycles. The zero-order valence-corrected chi connectivity index (χ0v) is 18.8. The van der Waals surface area contributed by atoms with Gasteiger partial charge in [-0.2, -0.15) is 9.78 Å². The number of nitrogens with zero attached hydrogens (tertiary/aromatic N) is 6. The summed E-state index contributed by atoms with van der Waals surface area (Å²) in [6.45, 7) is 4.16. The molecule has 0 spiro atoms. The van der Waals surface area contributed by atoms with Gasteiger partial charge in [-0.15, -0.1) is 0 Å². The van der Waals surface area contributed by atoms with Gasteiger partial charge in [-0.05, 0) is 32.9 Å². The highest BCUT2D eigenvalue weighted by Gasteiger charge is 2.18. The first-order valence-electron chi connectivity index (χ1n) is 10.2. The van der Waals surface area contributed by atoms with Gasteiger partial charge in [0.05, 0.1) is 22.2 Å². The van der Waals surface area contributed by atoms with Gasteiger partial charge in [-0.25, -0.2) is 14.8 Å². The Morgan fingerprint density at radius 1 is 1.11 bits per heavy atom. The summed E-state index contributed by atoms with van der Waals surface area (Å²) in [4.78, 5) is 55.6. The molecule has 3 aromatic heterocycles. The highest BCUT2D eigenvalue weighted by Crippen LogP contribution is 2.20. The summed E-state index contributed by atoms with van der Waals surface area (Å²) in [5.74, 6) is -1.87. The minimum absolute atomic E-state index is 0.0491. The maximum absolute atomic E-state index is 12.4. The molecule has 0 aliphatic heterocycles. The molecule has 0 unspecified atom stereocenters. The lowest BCUT2D eigenvalue weighted by molar-refractivity contribution is -0.384. The average Bonchev–Trinajstić information content (AvgIpc) is 3.30. The summed E-state index contributed by atoms with van der Waals surface area (Å²) in [7, 11) is 0. The number of oxazole rings is 1. The molecular formula is C21H19N7O7. The summed E-state index contributed by atoms with van der Waals surface area (Å²) < 4.78 is 12.3. The van der Waals surface area contributed by atoms with Crippen LogP contribution in [0, 0.1) is 30.9 Å². The molecule has 0 saturated carbocycles. The van der Waals surface area contributed by atoms with E-state index in [2.05, 4.69) is 20.4 Å². The SMILES string of the molecule is Cc1cc(C)nc(-n2nc(C)cc2NC(=O)COC(=O)Cn2c(=O)oc3cc([N+](=O)[O-])ccc32)n1. The van der Waals surface area contributed by atoms with E-state index >= 15 is 0 Å². The minimum Gasteiger partial charge on any atom is -0.454 e. The van der Waals surface area contributed by atoms with E-state index in [9.17, 15) is 24.5 Å². The molecule has 4 aromatic rings. The number of ether oxygens (including phenoxy) is 1. The first-order chi connectivity index (χ1) is 16.6. The number of anilines is 1. The Morgan fingerprint density at radius 3 is 2.51 bits per heavy atom. The number of carbonyl (C=O) groups is 2. The van der Waals surface area contributed by atoms with Crippen molar-refractivity contribution in [1.82, 2.24) is 24.3 Å². The number of fused-ring (bicyclic) bond motifs is 1. The van der Waals surface area contributed by atoms with Crippen LogP contribution < -0.4 is 11.1 Å². The molecule has 0 aliphatic rings. The summed E-state index contributed by atoms with van der Waals surface area (Å²) in [6.07, 6.45) is 0. The van der Waals surface area contributed by atoms with E-state index in [1.54, 1.807) is 19.1 Å². The van der Waals surface area contributed by atoms with Gasteiger partial charge in [0.25, 0.3) is 17.5 Å². The van der Waals surface area contributed by atoms with E-state index in [0.29, 0.717) is 5.69 Å². The van der Waals surface area contributed by atoms with E-state index in [0.717, 1.165) is 22.0 Å². The third kappa shape index (κ3) is 5.05. The van der Waals surface area contributed by atoms with E-state index < -0.39 is 35.7 Å². The first kappa shape index (κ1) is 23.3. The van der Waals surface area contributed by atoms with Crippen molar-refractivity contribution in [3.63, 3.8) is 0 Å². The minimum atomic E-state index is -0.894. The van der Waals surface area contributed by atoms with Crippen molar-refractivity contribution in [2.24, 2.45) is 0 Å². The van der Waals surface area contributed by atoms with Crippen molar-refractivity contribution in [3.8, 4) is 5.95 Å². The van der Waals surface area contributed by atoms with E-state index in [1.807, 2.05) is 13.8 Å². The van der Waals surface area contributed by atoms with Crippen molar-refractivity contribution in [1.29, 1.82) is 0 Å². The van der Waals surface area contributed by atoms with Crippen LogP contribution in [-0.2, 0) is 20.9 Å². The van der Waals surface area contributed by atoms with Gasteiger partial charge in [-0.3, -0.25) is 24.3 Å². The Bertz CT molecular complexity index is 1510. The Labute approximate surface area is 196 Å². The van der Waals surface area contributed by atoms with Crippen molar-refractivity contribution in [2.45, 2.75) is 27.3 Å². The monoisotopic (exact) mass is 481 g/mol. The number of nitrogens with one attached hydrogen (secondary N) is 1. The van der Waals surface area contributed by atoms with Gasteiger partial charge in [0.15, 0.2) is 12.2 Å². The number of nitro benzene ring substituents is 1. The second-order valence-electron chi connectivity index (χ2n) is 7.61. The maximum Gasteiger partial charge on any atom is 0.420 e.